The van der Waals surface area contributed by atoms with E-state index in [0.717, 1.165) is 6.54 Å². The SMILES string of the molecule is C#CCN(C)C.Cl. The van der Waals surface area contributed by atoms with Gasteiger partial charge in [0, 0.05) is 0 Å². The van der Waals surface area contributed by atoms with Crippen LogP contribution in [0.15, 0.2) is 0 Å². The Labute approximate surface area is 51.1 Å². The first kappa shape index (κ1) is 9.94. The van der Waals surface area contributed by atoms with Crippen molar-refractivity contribution in [1.82, 2.24) is 4.90 Å². The predicted molar refractivity (Wildman–Crippen MR) is 34.6 cm³/mol. The number of terminal acetylenes is 1. The van der Waals surface area contributed by atoms with Gasteiger partial charge < -0.3 is 0 Å². The van der Waals surface area contributed by atoms with Gasteiger partial charge in [0.25, 0.3) is 0 Å². The van der Waals surface area contributed by atoms with Crippen LogP contribution in [0.3, 0.4) is 0 Å². The zero-order valence-corrected chi connectivity index (χ0v) is 5.46. The van der Waals surface area contributed by atoms with Gasteiger partial charge in [0.05, 0.1) is 6.54 Å². The molecule has 0 aromatic heterocycles. The fraction of sp³-hybridized carbons (Fsp3) is 0.600. The molecule has 0 saturated carbocycles. The van der Waals surface area contributed by atoms with Crippen molar-refractivity contribution in [2.45, 2.75) is 0 Å². The van der Waals surface area contributed by atoms with Crippen molar-refractivity contribution in [3.8, 4) is 12.3 Å². The summed E-state index contributed by atoms with van der Waals surface area (Å²) in [6.07, 6.45) is 4.94. The molecule has 0 aromatic rings. The molecule has 0 fully saturated rings. The summed E-state index contributed by atoms with van der Waals surface area (Å²) in [6.45, 7) is 0.736. The molecule has 0 unspecified atom stereocenters. The zero-order chi connectivity index (χ0) is 4.99. The standard InChI is InChI=1S/C5H9N.ClH/c1-4-5-6(2)3;/h1H,5H2,2-3H3;1H. The Balaban J connectivity index is 0. The minimum atomic E-state index is 0. The molecule has 0 spiro atoms. The Kier molecular flexibility index (Phi) is 8.25. The molecule has 0 amide bonds. The van der Waals surface area contributed by atoms with E-state index in [9.17, 15) is 0 Å². The van der Waals surface area contributed by atoms with Crippen molar-refractivity contribution >= 4 is 12.4 Å². The van der Waals surface area contributed by atoms with E-state index in [4.69, 9.17) is 6.42 Å². The van der Waals surface area contributed by atoms with E-state index in [1.165, 1.54) is 0 Å². The number of nitrogens with zero attached hydrogens (tertiary/aromatic N) is 1. The monoisotopic (exact) mass is 119 g/mol. The largest absolute Gasteiger partial charge is 0.299 e. The fourth-order valence-electron chi connectivity index (χ4n) is 0.183. The molecule has 0 aromatic carbocycles. The van der Waals surface area contributed by atoms with Gasteiger partial charge in [0.15, 0.2) is 0 Å². The van der Waals surface area contributed by atoms with Gasteiger partial charge in [-0.3, -0.25) is 4.90 Å². The Morgan fingerprint density at radius 3 is 2.00 bits per heavy atom. The van der Waals surface area contributed by atoms with E-state index >= 15 is 0 Å². The maximum atomic E-state index is 4.94. The molecule has 0 aliphatic carbocycles. The highest BCUT2D eigenvalue weighted by Crippen LogP contribution is 1.64. The molecule has 1 nitrogen and oxygen atoms in total. The second-order valence-electron chi connectivity index (χ2n) is 1.44. The normalized spacial score (nSPS) is 7.14. The Bertz CT molecular complexity index is 63.0. The van der Waals surface area contributed by atoms with Gasteiger partial charge >= 0.3 is 0 Å². The molecule has 0 atom stereocenters. The molecular formula is C5H10ClN. The van der Waals surface area contributed by atoms with Crippen molar-refractivity contribution < 1.29 is 0 Å². The van der Waals surface area contributed by atoms with Crippen molar-refractivity contribution in [1.29, 1.82) is 0 Å². The lowest BCUT2D eigenvalue weighted by Gasteiger charge is -1.99. The minimum Gasteiger partial charge on any atom is -0.299 e. The molecule has 0 saturated heterocycles. The van der Waals surface area contributed by atoms with Crippen molar-refractivity contribution in [2.24, 2.45) is 0 Å². The van der Waals surface area contributed by atoms with Crippen LogP contribution in [-0.4, -0.2) is 25.5 Å². The van der Waals surface area contributed by atoms with Crippen molar-refractivity contribution in [2.75, 3.05) is 20.6 Å². The van der Waals surface area contributed by atoms with Crippen molar-refractivity contribution in [3.05, 3.63) is 0 Å². The summed E-state index contributed by atoms with van der Waals surface area (Å²) < 4.78 is 0. The highest BCUT2D eigenvalue weighted by atomic mass is 35.5. The minimum absolute atomic E-state index is 0. The molecule has 0 bridgehead atoms. The lowest BCUT2D eigenvalue weighted by molar-refractivity contribution is 0.464. The third-order valence-corrected chi connectivity index (χ3v) is 0.408. The predicted octanol–water partition coefficient (Wildman–Crippen LogP) is 0.603. The van der Waals surface area contributed by atoms with Crippen molar-refractivity contribution in [3.63, 3.8) is 0 Å². The van der Waals surface area contributed by atoms with Gasteiger partial charge in [-0.15, -0.1) is 18.8 Å². The Morgan fingerprint density at radius 2 is 2.00 bits per heavy atom. The third kappa shape index (κ3) is 10.7. The number of halogens is 1. The first-order valence-corrected chi connectivity index (χ1v) is 1.85. The smallest absolute Gasteiger partial charge is 0.0593 e. The van der Waals surface area contributed by atoms with Gasteiger partial charge in [-0.25, -0.2) is 0 Å². The second-order valence-corrected chi connectivity index (χ2v) is 1.44. The average molecular weight is 120 g/mol. The van der Waals surface area contributed by atoms with Crippen LogP contribution in [0, 0.1) is 12.3 Å². The third-order valence-electron chi connectivity index (χ3n) is 0.408. The Morgan fingerprint density at radius 1 is 1.57 bits per heavy atom. The molecule has 0 N–H and O–H groups in total. The van der Waals surface area contributed by atoms with E-state index < -0.39 is 0 Å². The maximum absolute atomic E-state index is 4.94. The quantitative estimate of drug-likeness (QED) is 0.457. The van der Waals surface area contributed by atoms with Gasteiger partial charge in [-0.05, 0) is 14.1 Å². The molecule has 0 radical (unpaired) electrons. The highest BCUT2D eigenvalue weighted by Gasteiger charge is 1.75. The van der Waals surface area contributed by atoms with Crippen LogP contribution in [-0.2, 0) is 0 Å². The first-order chi connectivity index (χ1) is 2.77. The molecule has 0 rings (SSSR count). The van der Waals surface area contributed by atoms with Crippen LogP contribution in [0.4, 0.5) is 0 Å². The number of hydrogen-bond donors (Lipinski definition) is 0. The summed E-state index contributed by atoms with van der Waals surface area (Å²) in [7, 11) is 3.89. The molecule has 0 aliphatic rings. The molecule has 2 heteroatoms. The average Bonchev–Trinajstić information content (AvgIpc) is 1.35. The lowest BCUT2D eigenvalue weighted by Crippen LogP contribution is -2.10. The number of rotatable bonds is 1. The summed E-state index contributed by atoms with van der Waals surface area (Å²) >= 11 is 0. The van der Waals surface area contributed by atoms with Gasteiger partial charge in [-0.1, -0.05) is 5.92 Å². The molecule has 0 aliphatic heterocycles. The fourth-order valence-corrected chi connectivity index (χ4v) is 0.183. The van der Waals surface area contributed by atoms with E-state index in [1.807, 2.05) is 19.0 Å². The van der Waals surface area contributed by atoms with Crippen LogP contribution in [0.25, 0.3) is 0 Å². The second kappa shape index (κ2) is 5.81. The topological polar surface area (TPSA) is 3.24 Å². The molecule has 7 heavy (non-hydrogen) atoms. The summed E-state index contributed by atoms with van der Waals surface area (Å²) in [6, 6.07) is 0. The van der Waals surface area contributed by atoms with Gasteiger partial charge in [0.1, 0.15) is 0 Å². The van der Waals surface area contributed by atoms with Crippen LogP contribution in [0.1, 0.15) is 0 Å². The van der Waals surface area contributed by atoms with E-state index in [0.29, 0.717) is 0 Å². The van der Waals surface area contributed by atoms with Gasteiger partial charge in [0.2, 0.25) is 0 Å². The first-order valence-electron chi connectivity index (χ1n) is 1.85. The number of hydrogen-bond acceptors (Lipinski definition) is 1. The molecule has 0 heterocycles. The zero-order valence-electron chi connectivity index (χ0n) is 4.64. The lowest BCUT2D eigenvalue weighted by atomic mass is 10.6. The summed E-state index contributed by atoms with van der Waals surface area (Å²) in [4.78, 5) is 1.94. The summed E-state index contributed by atoms with van der Waals surface area (Å²) in [5.41, 5.74) is 0. The van der Waals surface area contributed by atoms with Crippen LogP contribution in [0.2, 0.25) is 0 Å². The highest BCUT2D eigenvalue weighted by molar-refractivity contribution is 5.85. The summed E-state index contributed by atoms with van der Waals surface area (Å²) in [5, 5.41) is 0. The molecular weight excluding hydrogens is 110 g/mol. The van der Waals surface area contributed by atoms with Gasteiger partial charge in [-0.2, -0.15) is 0 Å². The van der Waals surface area contributed by atoms with Crippen LogP contribution < -0.4 is 0 Å². The van der Waals surface area contributed by atoms with Crippen LogP contribution in [0.5, 0.6) is 0 Å². The summed E-state index contributed by atoms with van der Waals surface area (Å²) in [5.74, 6) is 2.49. The van der Waals surface area contributed by atoms with E-state index in [-0.39, 0.29) is 12.4 Å². The molecule has 42 valence electrons. The Hall–Kier alpha value is -0.190. The van der Waals surface area contributed by atoms with E-state index in [1.54, 1.807) is 0 Å². The van der Waals surface area contributed by atoms with E-state index in [2.05, 4.69) is 5.92 Å². The maximum Gasteiger partial charge on any atom is 0.0593 e. The van der Waals surface area contributed by atoms with Crippen LogP contribution >= 0.6 is 12.4 Å².